The Labute approximate surface area is 149 Å². The Morgan fingerprint density at radius 2 is 2.04 bits per heavy atom. The van der Waals surface area contributed by atoms with Crippen LogP contribution in [-0.2, 0) is 14.3 Å². The quantitative estimate of drug-likeness (QED) is 0.893. The van der Waals surface area contributed by atoms with Crippen molar-refractivity contribution in [2.45, 2.75) is 50.4 Å². The fraction of sp³-hybridized carbons (Fsp3) is 0.650. The summed E-state index contributed by atoms with van der Waals surface area (Å²) in [7, 11) is 0. The first-order valence-electron chi connectivity index (χ1n) is 9.42. The smallest absolute Gasteiger partial charge is 0.226 e. The van der Waals surface area contributed by atoms with E-state index in [1.54, 1.807) is 0 Å². The normalized spacial score (nSPS) is 35.4. The van der Waals surface area contributed by atoms with Crippen molar-refractivity contribution < 1.29 is 14.3 Å². The molecule has 1 spiro atoms. The van der Waals surface area contributed by atoms with Crippen molar-refractivity contribution in [1.82, 2.24) is 4.90 Å². The molecule has 2 unspecified atom stereocenters. The third-order valence-corrected chi connectivity index (χ3v) is 6.03. The van der Waals surface area contributed by atoms with Crippen molar-refractivity contribution in [3.63, 3.8) is 0 Å². The van der Waals surface area contributed by atoms with E-state index < -0.39 is 0 Å². The Balaban J connectivity index is 1.37. The van der Waals surface area contributed by atoms with Gasteiger partial charge in [-0.3, -0.25) is 4.79 Å². The second-order valence-electron chi connectivity index (χ2n) is 7.89. The van der Waals surface area contributed by atoms with Crippen LogP contribution in [0.3, 0.4) is 0 Å². The van der Waals surface area contributed by atoms with E-state index in [4.69, 9.17) is 15.2 Å². The Kier molecular flexibility index (Phi) is 4.56. The molecule has 136 valence electrons. The lowest BCUT2D eigenvalue weighted by molar-refractivity contribution is -0.179. The Bertz CT molecular complexity index is 642. The number of amides is 1. The first-order valence-corrected chi connectivity index (χ1v) is 9.42. The van der Waals surface area contributed by atoms with Crippen molar-refractivity contribution in [2.75, 3.05) is 26.3 Å². The van der Waals surface area contributed by atoms with Crippen LogP contribution in [0, 0.1) is 12.8 Å². The molecule has 5 heteroatoms. The molecule has 1 aromatic rings. The maximum atomic E-state index is 12.9. The summed E-state index contributed by atoms with van der Waals surface area (Å²) in [4.78, 5) is 14.9. The average Bonchev–Trinajstić information content (AvgIpc) is 2.59. The number of hydrogen-bond acceptors (Lipinski definition) is 4. The number of morpholine rings is 1. The van der Waals surface area contributed by atoms with Gasteiger partial charge in [-0.15, -0.1) is 0 Å². The van der Waals surface area contributed by atoms with E-state index in [0.29, 0.717) is 19.7 Å². The summed E-state index contributed by atoms with van der Waals surface area (Å²) < 4.78 is 11.9. The Hall–Kier alpha value is -1.43. The number of rotatable bonds is 2. The first-order chi connectivity index (χ1) is 12.1. The number of carbonyl (C=O) groups excluding carboxylic acids is 1. The fourth-order valence-corrected chi connectivity index (χ4v) is 4.61. The summed E-state index contributed by atoms with van der Waals surface area (Å²) in [6.45, 7) is 4.76. The lowest BCUT2D eigenvalue weighted by Crippen LogP contribution is -2.58. The molecule has 2 saturated heterocycles. The highest BCUT2D eigenvalue weighted by Crippen LogP contribution is 2.47. The minimum absolute atomic E-state index is 0.0210. The molecule has 4 rings (SSSR count). The zero-order valence-electron chi connectivity index (χ0n) is 14.9. The van der Waals surface area contributed by atoms with E-state index in [1.165, 1.54) is 11.1 Å². The van der Waals surface area contributed by atoms with E-state index in [2.05, 4.69) is 19.1 Å². The van der Waals surface area contributed by atoms with Crippen LogP contribution < -0.4 is 5.73 Å². The van der Waals surface area contributed by atoms with Gasteiger partial charge in [0.1, 0.15) is 6.10 Å². The van der Waals surface area contributed by atoms with Gasteiger partial charge in [-0.2, -0.15) is 0 Å². The van der Waals surface area contributed by atoms with E-state index in [0.717, 1.165) is 32.3 Å². The molecule has 1 amide bonds. The second kappa shape index (κ2) is 6.71. The van der Waals surface area contributed by atoms with Gasteiger partial charge in [0.15, 0.2) is 0 Å². The molecule has 1 aromatic carbocycles. The zero-order chi connectivity index (χ0) is 17.4. The van der Waals surface area contributed by atoms with Gasteiger partial charge < -0.3 is 20.1 Å². The van der Waals surface area contributed by atoms with Crippen LogP contribution >= 0.6 is 0 Å². The lowest BCUT2D eigenvalue weighted by atomic mass is 9.66. The molecule has 0 radical (unpaired) electrons. The molecule has 3 fully saturated rings. The van der Waals surface area contributed by atoms with Gasteiger partial charge in [0.05, 0.1) is 18.8 Å². The summed E-state index contributed by atoms with van der Waals surface area (Å²) in [6.07, 6.45) is 3.46. The molecule has 1 aliphatic carbocycles. The highest BCUT2D eigenvalue weighted by molar-refractivity contribution is 5.80. The van der Waals surface area contributed by atoms with Crippen molar-refractivity contribution in [2.24, 2.45) is 11.7 Å². The van der Waals surface area contributed by atoms with E-state index in [1.807, 2.05) is 17.0 Å². The Morgan fingerprint density at radius 3 is 2.80 bits per heavy atom. The highest BCUT2D eigenvalue weighted by Gasteiger charge is 2.51. The van der Waals surface area contributed by atoms with Crippen LogP contribution in [0.2, 0.25) is 0 Å². The molecular weight excluding hydrogens is 316 g/mol. The molecule has 2 atom stereocenters. The highest BCUT2D eigenvalue weighted by atomic mass is 16.5. The summed E-state index contributed by atoms with van der Waals surface area (Å²) >= 11 is 0. The van der Waals surface area contributed by atoms with Crippen LogP contribution in [0.1, 0.15) is 42.9 Å². The molecule has 2 N–H and O–H groups in total. The van der Waals surface area contributed by atoms with E-state index in [9.17, 15) is 4.79 Å². The number of nitrogens with zero attached hydrogens (tertiary/aromatic N) is 1. The topological polar surface area (TPSA) is 64.8 Å². The van der Waals surface area contributed by atoms with Gasteiger partial charge in [0.25, 0.3) is 0 Å². The molecule has 25 heavy (non-hydrogen) atoms. The van der Waals surface area contributed by atoms with E-state index in [-0.39, 0.29) is 29.6 Å². The number of benzene rings is 1. The molecular formula is C20H28N2O3. The summed E-state index contributed by atoms with van der Waals surface area (Å²) in [5.41, 5.74) is 8.37. The average molecular weight is 344 g/mol. The number of hydrogen-bond donors (Lipinski definition) is 1. The van der Waals surface area contributed by atoms with Crippen LogP contribution in [0.4, 0.5) is 0 Å². The summed E-state index contributed by atoms with van der Waals surface area (Å²) in [6, 6.07) is 8.49. The fourth-order valence-electron chi connectivity index (χ4n) is 4.61. The second-order valence-corrected chi connectivity index (χ2v) is 7.89. The number of carbonyl (C=O) groups is 1. The largest absolute Gasteiger partial charge is 0.375 e. The van der Waals surface area contributed by atoms with Crippen molar-refractivity contribution >= 4 is 5.91 Å². The van der Waals surface area contributed by atoms with Gasteiger partial charge >= 0.3 is 0 Å². The molecule has 1 saturated carbocycles. The molecule has 2 aliphatic heterocycles. The number of ether oxygens (including phenoxy) is 2. The third kappa shape index (κ3) is 3.33. The number of nitrogens with two attached hydrogens (primary N) is 1. The van der Waals surface area contributed by atoms with Crippen LogP contribution in [-0.4, -0.2) is 48.8 Å². The maximum absolute atomic E-state index is 12.9. The van der Waals surface area contributed by atoms with Crippen molar-refractivity contribution in [1.29, 1.82) is 0 Å². The zero-order valence-corrected chi connectivity index (χ0v) is 14.9. The molecule has 0 bridgehead atoms. The summed E-state index contributed by atoms with van der Waals surface area (Å²) in [5.74, 6) is 0.344. The standard InChI is InChI=1S/C20H28N2O3/c1-14-4-2-3-5-17(14)18-13-22(7-9-24-18)19(23)15-10-20(11-15)12-16(21)6-8-25-20/h2-5,15-16,18H,6-13,21H2,1H3. The van der Waals surface area contributed by atoms with Crippen molar-refractivity contribution in [3.8, 4) is 0 Å². The van der Waals surface area contributed by atoms with Gasteiger partial charge in [-0.1, -0.05) is 24.3 Å². The van der Waals surface area contributed by atoms with Gasteiger partial charge in [-0.25, -0.2) is 0 Å². The van der Waals surface area contributed by atoms with Crippen LogP contribution in [0.15, 0.2) is 24.3 Å². The monoisotopic (exact) mass is 344 g/mol. The lowest BCUT2D eigenvalue weighted by Gasteiger charge is -2.51. The summed E-state index contributed by atoms with van der Waals surface area (Å²) in [5, 5.41) is 0. The van der Waals surface area contributed by atoms with Crippen LogP contribution in [0.25, 0.3) is 0 Å². The molecule has 0 aromatic heterocycles. The van der Waals surface area contributed by atoms with Crippen molar-refractivity contribution in [3.05, 3.63) is 35.4 Å². The number of aryl methyl sites for hydroxylation is 1. The first kappa shape index (κ1) is 17.0. The minimum Gasteiger partial charge on any atom is -0.375 e. The predicted octanol–water partition coefficient (Wildman–Crippen LogP) is 2.18. The molecule has 5 nitrogen and oxygen atoms in total. The molecule has 3 aliphatic rings. The van der Waals surface area contributed by atoms with E-state index >= 15 is 0 Å². The molecule has 2 heterocycles. The minimum atomic E-state index is -0.125. The SMILES string of the molecule is Cc1ccccc1C1CN(C(=O)C2CC3(CC(N)CCO3)C2)CCO1. The maximum Gasteiger partial charge on any atom is 0.226 e. The third-order valence-electron chi connectivity index (χ3n) is 6.03. The van der Waals surface area contributed by atoms with Gasteiger partial charge in [0.2, 0.25) is 5.91 Å². The van der Waals surface area contributed by atoms with Gasteiger partial charge in [-0.05, 0) is 43.7 Å². The predicted molar refractivity (Wildman–Crippen MR) is 95.1 cm³/mol. The Morgan fingerprint density at radius 1 is 1.24 bits per heavy atom. The van der Waals surface area contributed by atoms with Gasteiger partial charge in [0, 0.05) is 25.1 Å². The van der Waals surface area contributed by atoms with Crippen LogP contribution in [0.5, 0.6) is 0 Å².